The van der Waals surface area contributed by atoms with Crippen molar-refractivity contribution >= 4 is 39.4 Å². The van der Waals surface area contributed by atoms with Gasteiger partial charge in [-0.1, -0.05) is 67.7 Å². The van der Waals surface area contributed by atoms with E-state index in [2.05, 4.69) is 117 Å². The van der Waals surface area contributed by atoms with E-state index in [1.54, 1.807) is 0 Å². The third-order valence-corrected chi connectivity index (χ3v) is 6.88. The molecule has 2 aromatic carbocycles. The van der Waals surface area contributed by atoms with Crippen LogP contribution >= 0.6 is 11.3 Å². The molecule has 0 saturated heterocycles. The number of rotatable bonds is 4. The maximum absolute atomic E-state index is 2.39. The monoisotopic (exact) mass is 542 g/mol. The predicted octanol–water partition coefficient (Wildman–Crippen LogP) is 3.64. The molecule has 1 aromatic heterocycles. The minimum atomic E-state index is 0. The van der Waals surface area contributed by atoms with Crippen LogP contribution in [0.5, 0.6) is 0 Å². The summed E-state index contributed by atoms with van der Waals surface area (Å²) in [4.78, 5) is 2.13. The van der Waals surface area contributed by atoms with E-state index >= 15 is 0 Å². The number of thiazole rings is 1. The Balaban J connectivity index is 0.00000272. The molecule has 0 bridgehead atoms. The highest BCUT2D eigenvalue weighted by Gasteiger charge is 2.25. The first-order valence-corrected chi connectivity index (χ1v) is 11.4. The number of hydrogen-bond donors (Lipinski definition) is 0. The first-order valence-electron chi connectivity index (χ1n) is 10.5. The molecule has 3 aromatic rings. The Morgan fingerprint density at radius 2 is 1.68 bits per heavy atom. The van der Waals surface area contributed by atoms with Crippen LogP contribution in [-0.4, -0.2) is 14.1 Å². The number of fused-ring (bicyclic) bond motifs is 1. The summed E-state index contributed by atoms with van der Waals surface area (Å²) in [7, 11) is 6.32. The molecule has 162 valence electrons. The van der Waals surface area contributed by atoms with Crippen LogP contribution in [0.1, 0.15) is 37.3 Å². The maximum atomic E-state index is 2.39. The fourth-order valence-corrected chi connectivity index (χ4v) is 5.33. The molecule has 0 atom stereocenters. The number of allylic oxidation sites excluding steroid dienone is 4. The van der Waals surface area contributed by atoms with Crippen molar-refractivity contribution in [2.24, 2.45) is 12.5 Å². The molecule has 0 spiro atoms. The highest BCUT2D eigenvalue weighted by molar-refractivity contribution is 7.18. The standard InChI is InChI=1S/C27H31N2S.HI/c1-27(2)18-21(11-10-20-12-14-23(15-13-20)28(3)4)16-22(19-27)17-26-29(5)24-8-6-7-9-25(24)30-26;/h6-17H,18-19H2,1-5H3;1H/q+1;/p-1. The SMILES string of the molecule is CN(C)c1ccc(C=CC2=CC(=Cc3sc4ccccc4[n+]3C)CC(C)(C)C2)cc1.[I-]. The fourth-order valence-electron chi connectivity index (χ4n) is 4.20. The Kier molecular flexibility index (Phi) is 7.43. The molecule has 0 N–H and O–H groups in total. The average Bonchev–Trinajstić information content (AvgIpc) is 3.01. The van der Waals surface area contributed by atoms with Crippen LogP contribution in [0.3, 0.4) is 0 Å². The number of hydrogen-bond acceptors (Lipinski definition) is 2. The quantitative estimate of drug-likeness (QED) is 0.361. The van der Waals surface area contributed by atoms with Crippen LogP contribution in [0, 0.1) is 5.41 Å². The second-order valence-corrected chi connectivity index (χ2v) is 10.3. The van der Waals surface area contributed by atoms with E-state index in [9.17, 15) is 0 Å². The lowest BCUT2D eigenvalue weighted by Crippen LogP contribution is -3.00. The van der Waals surface area contributed by atoms with Gasteiger partial charge in [0, 0.05) is 31.9 Å². The van der Waals surface area contributed by atoms with Gasteiger partial charge in [-0.25, -0.2) is 0 Å². The zero-order chi connectivity index (χ0) is 21.3. The molecule has 4 heteroatoms. The normalized spacial score (nSPS) is 17.1. The molecule has 0 fully saturated rings. The fraction of sp³-hybridized carbons (Fsp3) is 0.296. The lowest BCUT2D eigenvalue weighted by molar-refractivity contribution is -0.642. The van der Waals surface area contributed by atoms with Crippen LogP contribution in [0.25, 0.3) is 22.4 Å². The van der Waals surface area contributed by atoms with Gasteiger partial charge in [-0.15, -0.1) is 0 Å². The summed E-state index contributed by atoms with van der Waals surface area (Å²) in [5, 5.41) is 1.31. The van der Waals surface area contributed by atoms with E-state index in [1.165, 1.54) is 37.6 Å². The third kappa shape index (κ3) is 5.66. The highest BCUT2D eigenvalue weighted by Crippen LogP contribution is 2.39. The first-order chi connectivity index (χ1) is 14.3. The molecule has 1 aliphatic rings. The summed E-state index contributed by atoms with van der Waals surface area (Å²) in [5.41, 5.74) is 6.85. The molecular formula is C27H31IN2S. The van der Waals surface area contributed by atoms with Gasteiger partial charge in [0.25, 0.3) is 5.01 Å². The van der Waals surface area contributed by atoms with Gasteiger partial charge in [0.2, 0.25) is 5.52 Å². The van der Waals surface area contributed by atoms with Crippen LogP contribution in [0.4, 0.5) is 5.69 Å². The van der Waals surface area contributed by atoms with Gasteiger partial charge >= 0.3 is 0 Å². The van der Waals surface area contributed by atoms with Gasteiger partial charge in [-0.2, -0.15) is 4.57 Å². The number of aryl methyl sites for hydroxylation is 1. The lowest BCUT2D eigenvalue weighted by Gasteiger charge is -2.30. The van der Waals surface area contributed by atoms with Crippen molar-refractivity contribution in [1.82, 2.24) is 0 Å². The molecule has 0 unspecified atom stereocenters. The molecule has 1 aliphatic carbocycles. The third-order valence-electron chi connectivity index (χ3n) is 5.72. The van der Waals surface area contributed by atoms with Crippen molar-refractivity contribution in [3.8, 4) is 0 Å². The van der Waals surface area contributed by atoms with Crippen molar-refractivity contribution in [2.45, 2.75) is 26.7 Å². The van der Waals surface area contributed by atoms with E-state index in [4.69, 9.17) is 0 Å². The summed E-state index contributed by atoms with van der Waals surface area (Å²) in [6.45, 7) is 4.75. The molecule has 0 saturated carbocycles. The van der Waals surface area contributed by atoms with Crippen molar-refractivity contribution in [3.63, 3.8) is 0 Å². The number of para-hydroxylation sites is 1. The van der Waals surface area contributed by atoms with E-state index in [1.807, 2.05) is 11.3 Å². The zero-order valence-electron chi connectivity index (χ0n) is 19.0. The van der Waals surface area contributed by atoms with Gasteiger partial charge < -0.3 is 28.9 Å². The topological polar surface area (TPSA) is 7.12 Å². The molecule has 2 nitrogen and oxygen atoms in total. The predicted molar refractivity (Wildman–Crippen MR) is 132 cm³/mol. The summed E-state index contributed by atoms with van der Waals surface area (Å²) in [6.07, 6.45) is 11.5. The van der Waals surface area contributed by atoms with Gasteiger partial charge in [0.1, 0.15) is 11.7 Å². The number of anilines is 1. The van der Waals surface area contributed by atoms with Crippen LogP contribution in [0.15, 0.2) is 71.8 Å². The minimum absolute atomic E-state index is 0. The lowest BCUT2D eigenvalue weighted by atomic mass is 9.75. The number of nitrogens with zero attached hydrogens (tertiary/aromatic N) is 2. The summed E-state index contributed by atoms with van der Waals surface area (Å²) in [5.74, 6) is 0. The van der Waals surface area contributed by atoms with Gasteiger partial charge in [0.15, 0.2) is 0 Å². The zero-order valence-corrected chi connectivity index (χ0v) is 22.0. The molecular weight excluding hydrogens is 511 g/mol. The summed E-state index contributed by atoms with van der Waals surface area (Å²) in [6, 6.07) is 17.4. The number of halogens is 1. The van der Waals surface area contributed by atoms with Gasteiger partial charge in [-0.05, 0) is 53.2 Å². The molecule has 31 heavy (non-hydrogen) atoms. The van der Waals surface area contributed by atoms with Crippen molar-refractivity contribution in [2.75, 3.05) is 19.0 Å². The largest absolute Gasteiger partial charge is 1.00 e. The van der Waals surface area contributed by atoms with E-state index in [0.29, 0.717) is 0 Å². The second-order valence-electron chi connectivity index (χ2n) is 9.24. The number of benzene rings is 2. The maximum Gasteiger partial charge on any atom is 0.262 e. The van der Waals surface area contributed by atoms with Crippen LogP contribution in [0.2, 0.25) is 0 Å². The second kappa shape index (κ2) is 9.70. The molecule has 1 heterocycles. The Morgan fingerprint density at radius 1 is 0.968 bits per heavy atom. The Bertz CT molecular complexity index is 1150. The van der Waals surface area contributed by atoms with E-state index < -0.39 is 0 Å². The summed E-state index contributed by atoms with van der Waals surface area (Å²) < 4.78 is 3.65. The highest BCUT2D eigenvalue weighted by atomic mass is 127. The van der Waals surface area contributed by atoms with Crippen molar-refractivity contribution in [3.05, 3.63) is 82.4 Å². The Hall–Kier alpha value is -1.92. The molecule has 0 radical (unpaired) electrons. The van der Waals surface area contributed by atoms with Gasteiger partial charge in [0.05, 0.1) is 0 Å². The Labute approximate surface area is 207 Å². The van der Waals surface area contributed by atoms with Gasteiger partial charge in [-0.3, -0.25) is 0 Å². The molecule has 0 aliphatic heterocycles. The van der Waals surface area contributed by atoms with Crippen LogP contribution < -0.4 is 33.4 Å². The molecule has 4 rings (SSSR count). The van der Waals surface area contributed by atoms with Crippen molar-refractivity contribution in [1.29, 1.82) is 0 Å². The smallest absolute Gasteiger partial charge is 0.262 e. The first kappa shape index (κ1) is 23.7. The van der Waals surface area contributed by atoms with E-state index in [0.717, 1.165) is 12.8 Å². The molecule has 0 amide bonds. The average molecular weight is 543 g/mol. The van der Waals surface area contributed by atoms with Crippen molar-refractivity contribution < 1.29 is 28.5 Å². The number of aromatic nitrogens is 1. The Morgan fingerprint density at radius 3 is 2.35 bits per heavy atom. The van der Waals surface area contributed by atoms with E-state index in [-0.39, 0.29) is 29.4 Å². The summed E-state index contributed by atoms with van der Waals surface area (Å²) >= 11 is 1.87. The minimum Gasteiger partial charge on any atom is -1.00 e. The van der Waals surface area contributed by atoms with Crippen LogP contribution in [-0.2, 0) is 7.05 Å².